The van der Waals surface area contributed by atoms with Gasteiger partial charge in [-0.3, -0.25) is 0 Å². The first-order valence-corrected chi connectivity index (χ1v) is 11.2. The fourth-order valence-electron chi connectivity index (χ4n) is 5.69. The molecule has 0 spiro atoms. The normalized spacial score (nSPS) is 26.7. The minimum Gasteiger partial charge on any atom is -0.207 e. The third kappa shape index (κ3) is 4.47. The Labute approximate surface area is 174 Å². The SMILES string of the molecule is C=CCCC1CCC2CC(c3ccc(-c4ccc(C)c(F)c4)cc3F)CCC2C1. The van der Waals surface area contributed by atoms with E-state index in [0.717, 1.165) is 53.7 Å². The summed E-state index contributed by atoms with van der Waals surface area (Å²) < 4.78 is 28.9. The van der Waals surface area contributed by atoms with Crippen LogP contribution < -0.4 is 0 Å². The molecule has 154 valence electrons. The maximum absolute atomic E-state index is 15.0. The third-order valence-corrected chi connectivity index (χ3v) is 7.45. The van der Waals surface area contributed by atoms with Gasteiger partial charge in [-0.15, -0.1) is 6.58 Å². The highest BCUT2D eigenvalue weighted by Gasteiger charge is 2.36. The van der Waals surface area contributed by atoms with Gasteiger partial charge in [0.25, 0.3) is 0 Å². The maximum Gasteiger partial charge on any atom is 0.127 e. The number of fused-ring (bicyclic) bond motifs is 1. The van der Waals surface area contributed by atoms with Crippen molar-refractivity contribution in [3.63, 3.8) is 0 Å². The fraction of sp³-hybridized carbons (Fsp3) is 0.481. The van der Waals surface area contributed by atoms with Crippen LogP contribution in [0.5, 0.6) is 0 Å². The van der Waals surface area contributed by atoms with Gasteiger partial charge in [0, 0.05) is 0 Å². The smallest absolute Gasteiger partial charge is 0.127 e. The number of hydrogen-bond acceptors (Lipinski definition) is 0. The van der Waals surface area contributed by atoms with E-state index in [4.69, 9.17) is 0 Å². The molecule has 0 saturated heterocycles. The molecule has 0 bridgehead atoms. The second kappa shape index (κ2) is 8.81. The summed E-state index contributed by atoms with van der Waals surface area (Å²) >= 11 is 0. The second-order valence-electron chi connectivity index (χ2n) is 9.28. The average Bonchev–Trinajstić information content (AvgIpc) is 2.73. The van der Waals surface area contributed by atoms with E-state index in [1.54, 1.807) is 19.1 Å². The van der Waals surface area contributed by atoms with Crippen LogP contribution in [0.1, 0.15) is 68.4 Å². The van der Waals surface area contributed by atoms with Crippen molar-refractivity contribution in [1.29, 1.82) is 0 Å². The van der Waals surface area contributed by atoms with Crippen LogP contribution in [0.2, 0.25) is 0 Å². The molecule has 2 heteroatoms. The van der Waals surface area contributed by atoms with E-state index < -0.39 is 0 Å². The van der Waals surface area contributed by atoms with Gasteiger partial charge in [-0.25, -0.2) is 8.78 Å². The molecule has 4 unspecified atom stereocenters. The molecule has 2 aliphatic rings. The summed E-state index contributed by atoms with van der Waals surface area (Å²) in [5.74, 6) is 2.38. The van der Waals surface area contributed by atoms with E-state index in [2.05, 4.69) is 6.58 Å². The van der Waals surface area contributed by atoms with E-state index >= 15 is 4.39 Å². The van der Waals surface area contributed by atoms with Crippen LogP contribution in [0.25, 0.3) is 11.1 Å². The van der Waals surface area contributed by atoms with E-state index in [9.17, 15) is 4.39 Å². The number of benzene rings is 2. The van der Waals surface area contributed by atoms with Crippen molar-refractivity contribution in [2.24, 2.45) is 17.8 Å². The number of aryl methyl sites for hydroxylation is 1. The van der Waals surface area contributed by atoms with E-state index in [1.165, 1.54) is 38.2 Å². The predicted molar refractivity (Wildman–Crippen MR) is 117 cm³/mol. The number of allylic oxidation sites excluding steroid dienone is 1. The molecule has 0 heterocycles. The monoisotopic (exact) mass is 394 g/mol. The van der Waals surface area contributed by atoms with Gasteiger partial charge in [-0.05, 0) is 110 Å². The molecule has 4 atom stereocenters. The maximum atomic E-state index is 15.0. The van der Waals surface area contributed by atoms with Crippen molar-refractivity contribution in [3.05, 3.63) is 71.8 Å². The molecule has 0 N–H and O–H groups in total. The Morgan fingerprint density at radius 1 is 0.897 bits per heavy atom. The van der Waals surface area contributed by atoms with Crippen LogP contribution in [0.4, 0.5) is 8.78 Å². The Hall–Kier alpha value is -1.96. The lowest BCUT2D eigenvalue weighted by atomic mass is 9.63. The molecule has 0 nitrogen and oxygen atoms in total. The minimum atomic E-state index is -0.242. The van der Waals surface area contributed by atoms with Crippen molar-refractivity contribution in [3.8, 4) is 11.1 Å². The van der Waals surface area contributed by atoms with Gasteiger partial charge >= 0.3 is 0 Å². The van der Waals surface area contributed by atoms with Gasteiger partial charge in [-0.1, -0.05) is 36.8 Å². The van der Waals surface area contributed by atoms with Crippen LogP contribution in [0.15, 0.2) is 49.1 Å². The molecule has 0 amide bonds. The Morgan fingerprint density at radius 2 is 1.59 bits per heavy atom. The first-order valence-electron chi connectivity index (χ1n) is 11.2. The summed E-state index contributed by atoms with van der Waals surface area (Å²) in [6, 6.07) is 10.6. The Bertz CT molecular complexity index is 869. The van der Waals surface area contributed by atoms with Crippen LogP contribution in [0, 0.1) is 36.3 Å². The number of hydrogen-bond donors (Lipinski definition) is 0. The van der Waals surface area contributed by atoms with Crippen molar-refractivity contribution < 1.29 is 8.78 Å². The summed E-state index contributed by atoms with van der Waals surface area (Å²) in [5.41, 5.74) is 2.96. The van der Waals surface area contributed by atoms with Crippen LogP contribution in [0.3, 0.4) is 0 Å². The molecule has 2 aliphatic carbocycles. The molecule has 4 rings (SSSR count). The molecule has 29 heavy (non-hydrogen) atoms. The molecule has 2 aromatic carbocycles. The van der Waals surface area contributed by atoms with Crippen molar-refractivity contribution in [2.45, 2.75) is 64.2 Å². The topological polar surface area (TPSA) is 0 Å². The lowest BCUT2D eigenvalue weighted by Gasteiger charge is -2.42. The average molecular weight is 395 g/mol. The highest BCUT2D eigenvalue weighted by atomic mass is 19.1. The van der Waals surface area contributed by atoms with Crippen molar-refractivity contribution in [1.82, 2.24) is 0 Å². The largest absolute Gasteiger partial charge is 0.207 e. The van der Waals surface area contributed by atoms with Gasteiger partial charge in [0.1, 0.15) is 11.6 Å². The number of rotatable bonds is 5. The zero-order valence-corrected chi connectivity index (χ0v) is 17.5. The Kier molecular flexibility index (Phi) is 6.18. The summed E-state index contributed by atoms with van der Waals surface area (Å²) in [6.07, 6.45) is 11.9. The fourth-order valence-corrected chi connectivity index (χ4v) is 5.69. The van der Waals surface area contributed by atoms with Crippen molar-refractivity contribution >= 4 is 0 Å². The van der Waals surface area contributed by atoms with Crippen LogP contribution in [-0.4, -0.2) is 0 Å². The highest BCUT2D eigenvalue weighted by Crippen LogP contribution is 2.48. The quantitative estimate of drug-likeness (QED) is 0.448. The third-order valence-electron chi connectivity index (χ3n) is 7.45. The summed E-state index contributed by atoms with van der Waals surface area (Å²) in [5, 5.41) is 0. The lowest BCUT2D eigenvalue weighted by molar-refractivity contribution is 0.114. The molecule has 0 radical (unpaired) electrons. The zero-order valence-electron chi connectivity index (χ0n) is 17.5. The summed E-state index contributed by atoms with van der Waals surface area (Å²) in [7, 11) is 0. The minimum absolute atomic E-state index is 0.133. The Balaban J connectivity index is 1.44. The number of halogens is 2. The summed E-state index contributed by atoms with van der Waals surface area (Å²) in [4.78, 5) is 0. The van der Waals surface area contributed by atoms with Gasteiger partial charge in [0.15, 0.2) is 0 Å². The van der Waals surface area contributed by atoms with Gasteiger partial charge < -0.3 is 0 Å². The standard InChI is InChI=1S/C27H32F2/c1-3-4-5-19-7-9-21-15-24(11-10-20(21)14-19)25-13-12-23(17-27(25)29)22-8-6-18(2)26(28)16-22/h3,6,8,12-13,16-17,19-21,24H,1,4-5,7,9-11,14-15H2,2H3. The van der Waals surface area contributed by atoms with Crippen molar-refractivity contribution in [2.75, 3.05) is 0 Å². The van der Waals surface area contributed by atoms with Gasteiger partial charge in [-0.2, -0.15) is 0 Å². The van der Waals surface area contributed by atoms with Crippen LogP contribution >= 0.6 is 0 Å². The van der Waals surface area contributed by atoms with Crippen LogP contribution in [-0.2, 0) is 0 Å². The van der Waals surface area contributed by atoms with Gasteiger partial charge in [0.05, 0.1) is 0 Å². The first kappa shape index (κ1) is 20.3. The highest BCUT2D eigenvalue weighted by molar-refractivity contribution is 5.64. The molecule has 0 aliphatic heterocycles. The second-order valence-corrected chi connectivity index (χ2v) is 9.28. The van der Waals surface area contributed by atoms with Gasteiger partial charge in [0.2, 0.25) is 0 Å². The summed E-state index contributed by atoms with van der Waals surface area (Å²) in [6.45, 7) is 5.60. The molecule has 2 aromatic rings. The van der Waals surface area contributed by atoms with E-state index in [0.29, 0.717) is 11.5 Å². The first-order chi connectivity index (χ1) is 14.0. The molecule has 2 saturated carbocycles. The zero-order chi connectivity index (χ0) is 20.4. The van der Waals surface area contributed by atoms with E-state index in [-0.39, 0.29) is 11.6 Å². The predicted octanol–water partition coefficient (Wildman–Crippen LogP) is 8.21. The lowest BCUT2D eigenvalue weighted by Crippen LogP contribution is -2.30. The molecular formula is C27H32F2. The molecule has 0 aromatic heterocycles. The Morgan fingerprint density at radius 3 is 2.31 bits per heavy atom. The van der Waals surface area contributed by atoms with E-state index in [1.807, 2.05) is 24.3 Å². The molecular weight excluding hydrogens is 362 g/mol. The molecule has 2 fully saturated rings.